The minimum Gasteiger partial charge on any atom is -0.489 e. The van der Waals surface area contributed by atoms with Gasteiger partial charge in [-0.05, 0) is 48.7 Å². The second kappa shape index (κ2) is 9.41. The molecule has 0 saturated carbocycles. The summed E-state index contributed by atoms with van der Waals surface area (Å²) in [5, 5.41) is 2.99. The Morgan fingerprint density at radius 3 is 2.72 bits per heavy atom. The number of fused-ring (bicyclic) bond motifs is 1. The lowest BCUT2D eigenvalue weighted by molar-refractivity contribution is -0.121. The zero-order valence-electron chi connectivity index (χ0n) is 17.2. The van der Waals surface area contributed by atoms with E-state index in [4.69, 9.17) is 4.74 Å². The van der Waals surface area contributed by atoms with Gasteiger partial charge in [-0.3, -0.25) is 14.6 Å². The Bertz CT molecular complexity index is 854. The highest BCUT2D eigenvalue weighted by Gasteiger charge is 2.27. The second-order valence-electron chi connectivity index (χ2n) is 7.47. The largest absolute Gasteiger partial charge is 0.489 e. The number of benzene rings is 1. The summed E-state index contributed by atoms with van der Waals surface area (Å²) < 4.78 is 5.83. The van der Waals surface area contributed by atoms with Crippen molar-refractivity contribution < 1.29 is 14.3 Å². The SMILES string of the molecule is CN(C)C(=O)c1ccc2c(c1)N(C)C(CC(=O)NCCCc1ccncc1)CO2. The lowest BCUT2D eigenvalue weighted by atomic mass is 10.1. The third-order valence-corrected chi connectivity index (χ3v) is 5.11. The average molecular weight is 396 g/mol. The smallest absolute Gasteiger partial charge is 0.253 e. The molecule has 1 aliphatic heterocycles. The second-order valence-corrected chi connectivity index (χ2v) is 7.47. The van der Waals surface area contributed by atoms with E-state index in [1.54, 1.807) is 37.5 Å². The number of nitrogens with zero attached hydrogens (tertiary/aromatic N) is 3. The quantitative estimate of drug-likeness (QED) is 0.726. The van der Waals surface area contributed by atoms with Crippen LogP contribution in [0.5, 0.6) is 5.75 Å². The number of hydrogen-bond donors (Lipinski definition) is 1. The molecule has 29 heavy (non-hydrogen) atoms. The summed E-state index contributed by atoms with van der Waals surface area (Å²) in [4.78, 5) is 32.2. The fourth-order valence-electron chi connectivity index (χ4n) is 3.35. The minimum absolute atomic E-state index is 0.00384. The van der Waals surface area contributed by atoms with E-state index in [9.17, 15) is 9.59 Å². The molecule has 154 valence electrons. The maximum atomic E-state index is 12.4. The van der Waals surface area contributed by atoms with Crippen LogP contribution in [0.1, 0.15) is 28.8 Å². The van der Waals surface area contributed by atoms with E-state index in [-0.39, 0.29) is 17.9 Å². The molecule has 2 amide bonds. The lowest BCUT2D eigenvalue weighted by Crippen LogP contribution is -2.44. The van der Waals surface area contributed by atoms with Crippen molar-refractivity contribution in [3.8, 4) is 5.75 Å². The first kappa shape index (κ1) is 20.6. The normalized spacial score (nSPS) is 15.3. The van der Waals surface area contributed by atoms with Crippen LogP contribution in [0.15, 0.2) is 42.7 Å². The Hall–Kier alpha value is -3.09. The van der Waals surface area contributed by atoms with Crippen molar-refractivity contribution in [3.05, 3.63) is 53.9 Å². The van der Waals surface area contributed by atoms with Crippen LogP contribution in [-0.4, -0.2) is 62.0 Å². The number of likely N-dealkylation sites (N-methyl/N-ethyl adjacent to an activating group) is 1. The van der Waals surface area contributed by atoms with E-state index in [2.05, 4.69) is 10.3 Å². The predicted molar refractivity (Wildman–Crippen MR) is 112 cm³/mol. The molecule has 1 aromatic carbocycles. The van der Waals surface area contributed by atoms with Gasteiger partial charge in [0, 0.05) is 45.6 Å². The number of rotatable bonds is 7. The van der Waals surface area contributed by atoms with E-state index in [1.807, 2.05) is 36.2 Å². The fourth-order valence-corrected chi connectivity index (χ4v) is 3.35. The maximum Gasteiger partial charge on any atom is 0.253 e. The molecule has 1 N–H and O–H groups in total. The van der Waals surface area contributed by atoms with Gasteiger partial charge in [0.15, 0.2) is 0 Å². The maximum absolute atomic E-state index is 12.4. The summed E-state index contributed by atoms with van der Waals surface area (Å²) in [5.41, 5.74) is 2.65. The topological polar surface area (TPSA) is 74.8 Å². The van der Waals surface area contributed by atoms with E-state index >= 15 is 0 Å². The van der Waals surface area contributed by atoms with Crippen LogP contribution in [0.2, 0.25) is 0 Å². The number of nitrogens with one attached hydrogen (secondary N) is 1. The molecule has 0 fully saturated rings. The lowest BCUT2D eigenvalue weighted by Gasteiger charge is -2.35. The fraction of sp³-hybridized carbons (Fsp3) is 0.409. The number of ether oxygens (including phenoxy) is 1. The van der Waals surface area contributed by atoms with Gasteiger partial charge in [0.05, 0.1) is 18.2 Å². The van der Waals surface area contributed by atoms with Gasteiger partial charge in [0.1, 0.15) is 12.4 Å². The van der Waals surface area contributed by atoms with Crippen molar-refractivity contribution in [1.29, 1.82) is 0 Å². The molecule has 0 radical (unpaired) electrons. The third kappa shape index (κ3) is 5.25. The van der Waals surface area contributed by atoms with Crippen molar-refractivity contribution in [1.82, 2.24) is 15.2 Å². The van der Waals surface area contributed by atoms with Crippen LogP contribution < -0.4 is 15.0 Å². The number of anilines is 1. The number of amides is 2. The average Bonchev–Trinajstić information content (AvgIpc) is 2.73. The number of aryl methyl sites for hydroxylation is 1. The number of aromatic nitrogens is 1. The van der Waals surface area contributed by atoms with Crippen LogP contribution in [0.4, 0.5) is 5.69 Å². The van der Waals surface area contributed by atoms with Gasteiger partial charge in [0.25, 0.3) is 5.91 Å². The van der Waals surface area contributed by atoms with Crippen molar-refractivity contribution >= 4 is 17.5 Å². The van der Waals surface area contributed by atoms with E-state index in [0.717, 1.165) is 24.3 Å². The number of pyridine rings is 1. The van der Waals surface area contributed by atoms with E-state index in [1.165, 1.54) is 5.56 Å². The molecule has 7 heteroatoms. The number of carbonyl (C=O) groups excluding carboxylic acids is 2. The molecule has 1 aromatic heterocycles. The highest BCUT2D eigenvalue weighted by atomic mass is 16.5. The first-order valence-electron chi connectivity index (χ1n) is 9.82. The minimum atomic E-state index is -0.0765. The molecular formula is C22H28N4O3. The van der Waals surface area contributed by atoms with Crippen molar-refractivity contribution in [2.24, 2.45) is 0 Å². The Morgan fingerprint density at radius 2 is 2.00 bits per heavy atom. The van der Waals surface area contributed by atoms with Gasteiger partial charge in [-0.25, -0.2) is 0 Å². The number of carbonyl (C=O) groups is 2. The summed E-state index contributed by atoms with van der Waals surface area (Å²) in [6, 6.07) is 9.32. The molecule has 0 bridgehead atoms. The van der Waals surface area contributed by atoms with Crippen LogP contribution in [-0.2, 0) is 11.2 Å². The Labute approximate surface area is 171 Å². The highest BCUT2D eigenvalue weighted by Crippen LogP contribution is 2.34. The van der Waals surface area contributed by atoms with Crippen LogP contribution in [0.3, 0.4) is 0 Å². The summed E-state index contributed by atoms with van der Waals surface area (Å²) in [6.45, 7) is 1.07. The molecule has 0 spiro atoms. The standard InChI is InChI=1S/C22H28N4O3/c1-25(2)22(28)17-6-7-20-19(13-17)26(3)18(15-29-20)14-21(27)24-10-4-5-16-8-11-23-12-9-16/h6-9,11-13,18H,4-5,10,14-15H2,1-3H3,(H,24,27). The van der Waals surface area contributed by atoms with Gasteiger partial charge in [-0.15, -0.1) is 0 Å². The molecule has 0 saturated heterocycles. The van der Waals surface area contributed by atoms with Crippen molar-refractivity contribution in [3.63, 3.8) is 0 Å². The monoisotopic (exact) mass is 396 g/mol. The molecule has 1 atom stereocenters. The molecule has 7 nitrogen and oxygen atoms in total. The number of hydrogen-bond acceptors (Lipinski definition) is 5. The van der Waals surface area contributed by atoms with E-state index in [0.29, 0.717) is 25.1 Å². The van der Waals surface area contributed by atoms with E-state index < -0.39 is 0 Å². The van der Waals surface area contributed by atoms with Crippen molar-refractivity contribution in [2.75, 3.05) is 39.2 Å². The Balaban J connectivity index is 1.52. The highest BCUT2D eigenvalue weighted by molar-refractivity contribution is 5.95. The zero-order valence-corrected chi connectivity index (χ0v) is 17.2. The summed E-state index contributed by atoms with van der Waals surface area (Å²) >= 11 is 0. The van der Waals surface area contributed by atoms with Gasteiger partial charge < -0.3 is 19.9 Å². The molecule has 2 heterocycles. The van der Waals surface area contributed by atoms with Gasteiger partial charge in [-0.1, -0.05) is 0 Å². The van der Waals surface area contributed by atoms with Crippen LogP contribution in [0, 0.1) is 0 Å². The zero-order chi connectivity index (χ0) is 20.8. The summed E-state index contributed by atoms with van der Waals surface area (Å²) in [6.07, 6.45) is 5.69. The van der Waals surface area contributed by atoms with Crippen LogP contribution in [0.25, 0.3) is 0 Å². The van der Waals surface area contributed by atoms with Gasteiger partial charge in [-0.2, -0.15) is 0 Å². The first-order valence-corrected chi connectivity index (χ1v) is 9.82. The van der Waals surface area contributed by atoms with Crippen molar-refractivity contribution in [2.45, 2.75) is 25.3 Å². The Morgan fingerprint density at radius 1 is 1.24 bits per heavy atom. The van der Waals surface area contributed by atoms with Crippen LogP contribution >= 0.6 is 0 Å². The molecule has 1 unspecified atom stereocenters. The molecular weight excluding hydrogens is 368 g/mol. The molecule has 0 aliphatic carbocycles. The third-order valence-electron chi connectivity index (χ3n) is 5.11. The predicted octanol–water partition coefficient (Wildman–Crippen LogP) is 2.12. The van der Waals surface area contributed by atoms with Gasteiger partial charge in [0.2, 0.25) is 5.91 Å². The summed E-state index contributed by atoms with van der Waals surface area (Å²) in [7, 11) is 5.39. The molecule has 3 rings (SSSR count). The Kier molecular flexibility index (Phi) is 6.69. The molecule has 2 aromatic rings. The van der Waals surface area contributed by atoms with Gasteiger partial charge >= 0.3 is 0 Å². The first-order chi connectivity index (χ1) is 14.0. The summed E-state index contributed by atoms with van der Waals surface area (Å²) in [5.74, 6) is 0.677. The molecule has 1 aliphatic rings.